The lowest BCUT2D eigenvalue weighted by Crippen LogP contribution is -2.21. The van der Waals surface area contributed by atoms with Crippen LogP contribution in [0.2, 0.25) is 0 Å². The molecule has 12 aromatic rings. The zero-order valence-electron chi connectivity index (χ0n) is 94.0. The normalized spacial score (nSPS) is 13.8. The Hall–Kier alpha value is -8.66. The summed E-state index contributed by atoms with van der Waals surface area (Å²) in [6.45, 7) is 93.4. The first kappa shape index (κ1) is 115. The van der Waals surface area contributed by atoms with Gasteiger partial charge in [-0.05, 0) is 224 Å². The number of ether oxygens (including phenoxy) is 2. The summed E-state index contributed by atoms with van der Waals surface area (Å²) >= 11 is 0. The number of hydrogen-bond acceptors (Lipinski definition) is 12. The molecule has 0 saturated carbocycles. The SMILES string of the molecule is CC(C)(C)c1cc(C(C)(C)C)c2op(F)oc3c(C(C)(C)C)cc(C(C)(C)C)cc3c2c1.CC(C)(C)c1cc2c(c(C(C)(C)C)c1)OP(F)Oc1c(cc(C(C)(C)C)cc1C(C)(C)C)C2.COc1cc(C(C)(C)C)c2op(F)oc3c(C(C)(C)C)cc(OC)cc3c2c1.Cc1cc(C)c(OP(F)Oc2c(C)cc(C)cc2C)c(C)c1.Cc1cc2c(c(C(C)(C)C)c1)OP(F)Oc1c(cc(C)cc1C(C)(C)C)C2. The molecule has 2 aliphatic heterocycles. The number of aryl methyl sites for hydroxylation is 8. The van der Waals surface area contributed by atoms with Crippen molar-refractivity contribution in [3.8, 4) is 46.0 Å². The van der Waals surface area contributed by atoms with Gasteiger partial charge in [0.15, 0.2) is 0 Å². The Labute approximate surface area is 853 Å². The first-order valence-electron chi connectivity index (χ1n) is 49.4. The molecule has 0 N–H and O–H groups in total. The van der Waals surface area contributed by atoms with Gasteiger partial charge in [-0.2, -0.15) is 0 Å². The summed E-state index contributed by atoms with van der Waals surface area (Å²) in [7, 11) is -9.66. The van der Waals surface area contributed by atoms with Crippen molar-refractivity contribution >= 4 is 86.6 Å². The molecule has 0 radical (unpaired) electrons. The van der Waals surface area contributed by atoms with Crippen LogP contribution in [0, 0.1) is 55.4 Å². The molecule has 12 nitrogen and oxygen atoms in total. The maximum Gasteiger partial charge on any atom is 0.505 e. The lowest BCUT2D eigenvalue weighted by molar-refractivity contribution is 0.408. The van der Waals surface area contributed by atoms with E-state index in [2.05, 4.69) is 336 Å². The third-order valence-electron chi connectivity index (χ3n) is 25.8. The van der Waals surface area contributed by atoms with Gasteiger partial charge in [-0.1, -0.05) is 356 Å². The van der Waals surface area contributed by atoms with E-state index in [0.717, 1.165) is 133 Å². The van der Waals surface area contributed by atoms with E-state index in [9.17, 15) is 12.6 Å². The van der Waals surface area contributed by atoms with Gasteiger partial charge in [0.05, 0.1) is 14.2 Å². The van der Waals surface area contributed by atoms with Crippen LogP contribution in [0.4, 0.5) is 21.0 Å². The average molecular weight is 2050 g/mol. The van der Waals surface area contributed by atoms with Gasteiger partial charge in [0.2, 0.25) is 0 Å². The van der Waals surface area contributed by atoms with Crippen LogP contribution in [0.15, 0.2) is 138 Å². The topological polar surface area (TPSA) is 126 Å². The van der Waals surface area contributed by atoms with Crippen molar-refractivity contribution < 1.29 is 74.4 Å². The first-order chi connectivity index (χ1) is 64.7. The molecule has 0 bridgehead atoms. The molecule has 10 aromatic carbocycles. The van der Waals surface area contributed by atoms with Gasteiger partial charge < -0.3 is 53.4 Å². The van der Waals surface area contributed by atoms with Crippen molar-refractivity contribution in [1.29, 1.82) is 0 Å². The van der Waals surface area contributed by atoms with Gasteiger partial charge >= 0.3 is 42.7 Å². The van der Waals surface area contributed by atoms with Gasteiger partial charge in [-0.25, -0.2) is 0 Å². The van der Waals surface area contributed by atoms with E-state index >= 15 is 8.39 Å². The first-order valence-corrected chi connectivity index (χ1v) is 54.7. The molecule has 0 amide bonds. The summed E-state index contributed by atoms with van der Waals surface area (Å²) in [5, 5.41) is 3.34. The Balaban J connectivity index is 0.000000184. The van der Waals surface area contributed by atoms with Crippen LogP contribution in [0.1, 0.15) is 383 Å². The van der Waals surface area contributed by atoms with Crippen LogP contribution < -0.4 is 36.6 Å². The van der Waals surface area contributed by atoms with Gasteiger partial charge in [-0.15, -0.1) is 21.0 Å². The third kappa shape index (κ3) is 27.8. The van der Waals surface area contributed by atoms with Crippen molar-refractivity contribution in [1.82, 2.24) is 0 Å². The van der Waals surface area contributed by atoms with Crippen molar-refractivity contribution in [3.05, 3.63) is 255 Å². The molecule has 0 saturated heterocycles. The van der Waals surface area contributed by atoms with E-state index in [4.69, 9.17) is 53.4 Å². The molecule has 0 aliphatic carbocycles. The van der Waals surface area contributed by atoms with Crippen LogP contribution in [0.25, 0.3) is 43.9 Å². The van der Waals surface area contributed by atoms with E-state index in [1.165, 1.54) is 22.3 Å². The molecular formula is C120H162F5O12P5. The fourth-order valence-corrected chi connectivity index (χ4v) is 21.8. The highest BCUT2D eigenvalue weighted by molar-refractivity contribution is 7.42. The molecule has 0 unspecified atom stereocenters. The Morgan fingerprint density at radius 2 is 0.451 bits per heavy atom. The fraction of sp³-hybridized carbons (Fsp3) is 0.500. The van der Waals surface area contributed by atoms with Crippen molar-refractivity contribution in [2.45, 2.75) is 382 Å². The third-order valence-corrected chi connectivity index (χ3v) is 29.1. The number of benzene rings is 10. The second kappa shape index (κ2) is 42.3. The van der Waals surface area contributed by atoms with E-state index in [1.807, 2.05) is 90.1 Å². The molecule has 0 spiro atoms. The largest absolute Gasteiger partial charge is 0.505 e. The summed E-state index contributed by atoms with van der Waals surface area (Å²) in [6, 6.07) is 41.4. The lowest BCUT2D eigenvalue weighted by atomic mass is 9.76. The maximum absolute atomic E-state index is 15.4. The molecule has 0 atom stereocenters. The summed E-state index contributed by atoms with van der Waals surface area (Å²) in [5.74, 6) is 5.09. The smallest absolute Gasteiger partial charge is 0.497 e. The predicted octanol–water partition coefficient (Wildman–Crippen LogP) is 40.9. The van der Waals surface area contributed by atoms with Crippen LogP contribution in [-0.2, 0) is 77.8 Å². The summed E-state index contributed by atoms with van der Waals surface area (Å²) < 4.78 is 144. The zero-order valence-corrected chi connectivity index (χ0v) is 98.5. The molecule has 774 valence electrons. The maximum atomic E-state index is 15.4. The summed E-state index contributed by atoms with van der Waals surface area (Å²) in [4.78, 5) is 0. The van der Waals surface area contributed by atoms with Crippen LogP contribution in [0.3, 0.4) is 0 Å². The van der Waals surface area contributed by atoms with E-state index < -0.39 is 42.7 Å². The van der Waals surface area contributed by atoms with Crippen molar-refractivity contribution in [2.24, 2.45) is 0 Å². The summed E-state index contributed by atoms with van der Waals surface area (Å²) in [5.41, 5.74) is 25.6. The second-order valence-electron chi connectivity index (χ2n) is 51.3. The van der Waals surface area contributed by atoms with Gasteiger partial charge in [0.1, 0.15) is 68.3 Å². The Morgan fingerprint density at radius 1 is 0.246 bits per heavy atom. The monoisotopic (exact) mass is 2050 g/mol. The lowest BCUT2D eigenvalue weighted by Gasteiger charge is -2.33. The van der Waals surface area contributed by atoms with E-state index in [1.54, 1.807) is 14.2 Å². The molecule has 22 heteroatoms. The van der Waals surface area contributed by atoms with Gasteiger partial charge in [0.25, 0.3) is 0 Å². The number of rotatable bonds is 6. The Bertz CT molecular complexity index is 6320. The molecular weight excluding hydrogens is 1880 g/mol. The van der Waals surface area contributed by atoms with Crippen molar-refractivity contribution in [2.75, 3.05) is 14.2 Å². The fourth-order valence-electron chi connectivity index (χ4n) is 18.0. The van der Waals surface area contributed by atoms with Gasteiger partial charge in [0, 0.05) is 78.9 Å². The molecule has 2 aromatic heterocycles. The predicted molar refractivity (Wildman–Crippen MR) is 593 cm³/mol. The number of fused-ring (bicyclic) bond motifs is 10. The minimum atomic E-state index is -2.63. The molecule has 2 aliphatic rings. The quantitative estimate of drug-likeness (QED) is 0.116. The Morgan fingerprint density at radius 3 is 0.683 bits per heavy atom. The molecule has 4 heterocycles. The highest BCUT2D eigenvalue weighted by Gasteiger charge is 2.39. The van der Waals surface area contributed by atoms with Crippen molar-refractivity contribution in [3.63, 3.8) is 0 Å². The molecule has 0 fully saturated rings. The number of hydrogen-bond donors (Lipinski definition) is 0. The minimum absolute atomic E-state index is 0.0268. The number of halogens is 5. The van der Waals surface area contributed by atoms with E-state index in [0.29, 0.717) is 81.2 Å². The number of methoxy groups -OCH3 is 2. The van der Waals surface area contributed by atoms with Crippen LogP contribution in [0.5, 0.6) is 46.0 Å². The van der Waals surface area contributed by atoms with Gasteiger partial charge in [-0.3, -0.25) is 0 Å². The van der Waals surface area contributed by atoms with Crippen LogP contribution >= 0.6 is 42.7 Å². The summed E-state index contributed by atoms with van der Waals surface area (Å²) in [6.07, 6.45) is 1.32. The minimum Gasteiger partial charge on any atom is -0.497 e. The highest BCUT2D eigenvalue weighted by atomic mass is 31.2. The standard InChI is InChI=1S/C29H42FO2P.C28H40FO2P.C23H30FO2P.C22H28FO4P.C18H22FO2P/c1-26(2,3)20-14-18-13-19-15-21(27(4,5)6)17-23(29(10,11)12)25(19)32-33(30)31-24(18)22(16-20)28(7,8)9;1-25(2,3)17-13-19-20-14-18(26(4,5)6)16-22(28(10,11)12)24(20)31-32(29)30-23(19)21(15-17)27(7,8)9;1-14-9-16-13-17-10-15(2)12-19(23(6,7)8)21(17)26-27(24)25-20(16)18(11-14)22(3,4)5;1-21(2,3)17-11-13(24-7)9-15-16-10-14(25-8)12-18(22(4,5)6)20(16)27-28(23)26-19(15)17;1-11-7-13(3)17(14(4)8-11)20-22(19)21-18-15(5)9-12(2)10-16(18)6/h14-17H,13H2,1-12H3;13-16H,1-12H3;9-12H,13H2,1-8H3;9-12H,1-8H3;7-10H,1-6H3. The highest BCUT2D eigenvalue weighted by Crippen LogP contribution is 2.58. The Kier molecular flexibility index (Phi) is 34.3. The molecule has 14 rings (SSSR count). The van der Waals surface area contributed by atoms with E-state index in [-0.39, 0.29) is 65.0 Å². The zero-order chi connectivity index (χ0) is 107. The van der Waals surface area contributed by atoms with Crippen LogP contribution in [-0.4, -0.2) is 14.2 Å². The molecule has 142 heavy (non-hydrogen) atoms. The average Bonchev–Trinajstić information content (AvgIpc) is 1.72. The second-order valence-corrected chi connectivity index (χ2v) is 55.3.